The number of piperidine rings is 1. The predicted octanol–water partition coefficient (Wildman–Crippen LogP) is 5.08. The Morgan fingerprint density at radius 1 is 1.00 bits per heavy atom. The highest BCUT2D eigenvalue weighted by atomic mass is 16.2. The second-order valence-electron chi connectivity index (χ2n) is 10.4. The van der Waals surface area contributed by atoms with E-state index in [-0.39, 0.29) is 31.8 Å². The van der Waals surface area contributed by atoms with Crippen molar-refractivity contribution in [1.82, 2.24) is 9.88 Å². The van der Waals surface area contributed by atoms with Crippen LogP contribution < -0.4 is 15.1 Å². The van der Waals surface area contributed by atoms with Gasteiger partial charge in [0.1, 0.15) is 18.4 Å². The Kier molecular flexibility index (Phi) is 8.73. The molecule has 208 valence electrons. The fourth-order valence-corrected chi connectivity index (χ4v) is 5.81. The zero-order valence-electron chi connectivity index (χ0n) is 22.8. The molecule has 2 saturated heterocycles. The summed E-state index contributed by atoms with van der Waals surface area (Å²) in [7, 11) is 0. The Hall–Kier alpha value is -4.38. The Morgan fingerprint density at radius 3 is 2.40 bits per heavy atom. The minimum absolute atomic E-state index is 0. The molecule has 2 amide bonds. The van der Waals surface area contributed by atoms with Crippen LogP contribution in [0.3, 0.4) is 0 Å². The SMILES string of the molecule is C.Cc1cc(C)c(C(=O)N2CCN(c3ccccn3)C(=O)C2)c(C)c1NC1CCN(c2ccccc2C#N)CC1. The molecule has 0 aliphatic carbocycles. The lowest BCUT2D eigenvalue weighted by molar-refractivity contribution is -0.120. The maximum Gasteiger partial charge on any atom is 0.255 e. The lowest BCUT2D eigenvalue weighted by Crippen LogP contribution is -2.52. The first-order chi connectivity index (χ1) is 18.9. The van der Waals surface area contributed by atoms with Crippen LogP contribution in [0, 0.1) is 32.1 Å². The predicted molar refractivity (Wildman–Crippen MR) is 160 cm³/mol. The van der Waals surface area contributed by atoms with E-state index >= 15 is 0 Å². The van der Waals surface area contributed by atoms with Crippen molar-refractivity contribution in [2.45, 2.75) is 47.1 Å². The number of hydrogen-bond donors (Lipinski definition) is 1. The zero-order chi connectivity index (χ0) is 27.5. The molecule has 2 aliphatic heterocycles. The Bertz CT molecular complexity index is 1420. The molecule has 2 fully saturated rings. The van der Waals surface area contributed by atoms with Crippen LogP contribution in [0.25, 0.3) is 0 Å². The number of amides is 2. The van der Waals surface area contributed by atoms with E-state index in [9.17, 15) is 14.9 Å². The highest BCUT2D eigenvalue weighted by Crippen LogP contribution is 2.31. The number of anilines is 3. The van der Waals surface area contributed by atoms with Gasteiger partial charge in [-0.3, -0.25) is 14.5 Å². The van der Waals surface area contributed by atoms with Crippen molar-refractivity contribution in [1.29, 1.82) is 5.26 Å². The Balaban J connectivity index is 0.00000370. The first kappa shape index (κ1) is 28.6. The second-order valence-corrected chi connectivity index (χ2v) is 10.4. The molecule has 8 heteroatoms. The summed E-state index contributed by atoms with van der Waals surface area (Å²) < 4.78 is 0. The number of para-hydroxylation sites is 1. The summed E-state index contributed by atoms with van der Waals surface area (Å²) in [6.07, 6.45) is 3.53. The maximum atomic E-state index is 13.7. The summed E-state index contributed by atoms with van der Waals surface area (Å²) in [5.41, 5.74) is 6.32. The van der Waals surface area contributed by atoms with Crippen LogP contribution in [0.5, 0.6) is 0 Å². The monoisotopic (exact) mass is 538 g/mol. The topological polar surface area (TPSA) is 92.6 Å². The molecule has 40 heavy (non-hydrogen) atoms. The number of aryl methyl sites for hydroxylation is 2. The number of aromatic nitrogens is 1. The van der Waals surface area contributed by atoms with Gasteiger partial charge in [0.2, 0.25) is 5.91 Å². The summed E-state index contributed by atoms with van der Waals surface area (Å²) >= 11 is 0. The van der Waals surface area contributed by atoms with Crippen molar-refractivity contribution in [2.75, 3.05) is 47.8 Å². The molecular weight excluding hydrogens is 500 g/mol. The van der Waals surface area contributed by atoms with Crippen LogP contribution in [-0.4, -0.2) is 60.5 Å². The third-order valence-corrected chi connectivity index (χ3v) is 7.83. The van der Waals surface area contributed by atoms with E-state index in [2.05, 4.69) is 34.3 Å². The maximum absolute atomic E-state index is 13.7. The van der Waals surface area contributed by atoms with Crippen LogP contribution in [-0.2, 0) is 4.79 Å². The minimum Gasteiger partial charge on any atom is -0.382 e. The van der Waals surface area contributed by atoms with Gasteiger partial charge in [0.05, 0.1) is 11.3 Å². The average Bonchev–Trinajstić information content (AvgIpc) is 2.96. The third kappa shape index (κ3) is 5.64. The van der Waals surface area contributed by atoms with Crippen LogP contribution >= 0.6 is 0 Å². The fourth-order valence-electron chi connectivity index (χ4n) is 5.81. The van der Waals surface area contributed by atoms with Crippen LogP contribution in [0.15, 0.2) is 54.7 Å². The fraction of sp³-hybridized carbons (Fsp3) is 0.375. The molecule has 0 atom stereocenters. The number of hydrogen-bond acceptors (Lipinski definition) is 6. The largest absolute Gasteiger partial charge is 0.382 e. The van der Waals surface area contributed by atoms with E-state index in [1.54, 1.807) is 16.0 Å². The highest BCUT2D eigenvalue weighted by molar-refractivity contribution is 6.03. The zero-order valence-corrected chi connectivity index (χ0v) is 22.8. The third-order valence-electron chi connectivity index (χ3n) is 7.83. The second kappa shape index (κ2) is 12.2. The minimum atomic E-state index is -0.126. The molecule has 3 aromatic rings. The number of carbonyl (C=O) groups excluding carboxylic acids is 2. The molecule has 0 radical (unpaired) electrons. The van der Waals surface area contributed by atoms with Gasteiger partial charge in [-0.25, -0.2) is 4.98 Å². The van der Waals surface area contributed by atoms with Gasteiger partial charge in [-0.05, 0) is 74.6 Å². The molecule has 0 spiro atoms. The van der Waals surface area contributed by atoms with Gasteiger partial charge >= 0.3 is 0 Å². The molecule has 3 heterocycles. The number of piperazine rings is 1. The Labute approximate surface area is 237 Å². The van der Waals surface area contributed by atoms with Gasteiger partial charge in [-0.15, -0.1) is 0 Å². The van der Waals surface area contributed by atoms with Gasteiger partial charge in [-0.1, -0.05) is 31.7 Å². The van der Waals surface area contributed by atoms with Crippen molar-refractivity contribution in [3.05, 3.63) is 82.5 Å². The summed E-state index contributed by atoms with van der Waals surface area (Å²) in [4.78, 5) is 36.5. The summed E-state index contributed by atoms with van der Waals surface area (Å²) in [6, 6.07) is 17.9. The molecule has 1 N–H and O–H groups in total. The Morgan fingerprint density at radius 2 is 1.73 bits per heavy atom. The van der Waals surface area contributed by atoms with E-state index in [0.29, 0.717) is 30.0 Å². The quantitative estimate of drug-likeness (QED) is 0.487. The first-order valence-corrected chi connectivity index (χ1v) is 13.5. The van der Waals surface area contributed by atoms with Crippen LogP contribution in [0.4, 0.5) is 17.2 Å². The van der Waals surface area contributed by atoms with Gasteiger partial charge in [0.25, 0.3) is 5.91 Å². The van der Waals surface area contributed by atoms with Crippen molar-refractivity contribution in [3.8, 4) is 6.07 Å². The molecular formula is C32H38N6O2. The molecule has 2 aromatic carbocycles. The molecule has 8 nitrogen and oxygen atoms in total. The smallest absolute Gasteiger partial charge is 0.255 e. The number of benzene rings is 2. The van der Waals surface area contributed by atoms with E-state index in [1.807, 2.05) is 56.3 Å². The highest BCUT2D eigenvalue weighted by Gasteiger charge is 2.31. The molecule has 0 unspecified atom stereocenters. The molecule has 2 aliphatic rings. The van der Waals surface area contributed by atoms with Gasteiger partial charge in [-0.2, -0.15) is 5.26 Å². The van der Waals surface area contributed by atoms with Gasteiger partial charge in [0, 0.05) is 49.7 Å². The molecule has 0 bridgehead atoms. The van der Waals surface area contributed by atoms with Gasteiger partial charge in [0.15, 0.2) is 0 Å². The number of pyridine rings is 1. The summed E-state index contributed by atoms with van der Waals surface area (Å²) in [6.45, 7) is 8.67. The number of carbonyl (C=O) groups is 2. The number of rotatable bonds is 5. The number of nitriles is 1. The van der Waals surface area contributed by atoms with Crippen LogP contribution in [0.1, 0.15) is 52.9 Å². The summed E-state index contributed by atoms with van der Waals surface area (Å²) in [5.74, 6) is 0.384. The molecule has 5 rings (SSSR count). The van der Waals surface area contributed by atoms with E-state index in [4.69, 9.17) is 0 Å². The normalized spacial score (nSPS) is 15.8. The lowest BCUT2D eigenvalue weighted by atomic mass is 9.94. The van der Waals surface area contributed by atoms with Crippen molar-refractivity contribution >= 4 is 29.0 Å². The van der Waals surface area contributed by atoms with E-state index < -0.39 is 0 Å². The lowest BCUT2D eigenvalue weighted by Gasteiger charge is -2.36. The molecule has 1 aromatic heterocycles. The van der Waals surface area contributed by atoms with Crippen molar-refractivity contribution in [3.63, 3.8) is 0 Å². The summed E-state index contributed by atoms with van der Waals surface area (Å²) in [5, 5.41) is 13.2. The van der Waals surface area contributed by atoms with Crippen molar-refractivity contribution in [2.24, 2.45) is 0 Å². The molecule has 0 saturated carbocycles. The van der Waals surface area contributed by atoms with Gasteiger partial charge < -0.3 is 15.1 Å². The van der Waals surface area contributed by atoms with E-state index in [1.165, 1.54) is 0 Å². The average molecular weight is 539 g/mol. The number of nitrogens with zero attached hydrogens (tertiary/aromatic N) is 5. The van der Waals surface area contributed by atoms with Crippen LogP contribution in [0.2, 0.25) is 0 Å². The first-order valence-electron chi connectivity index (χ1n) is 13.5. The van der Waals surface area contributed by atoms with Crippen molar-refractivity contribution < 1.29 is 9.59 Å². The number of nitrogens with one attached hydrogen (secondary N) is 1. The van der Waals surface area contributed by atoms with E-state index in [0.717, 1.165) is 54.0 Å². The standard InChI is InChI=1S/C31H34N6O2.CH4/c1-21-18-22(2)30(34-25-11-14-35(15-12-25)26-9-5-4-8-24(26)19-32)23(3)29(21)31(39)36-16-17-37(28(38)20-36)27-10-6-7-13-33-27;/h4-10,13,18,25,34H,11-12,14-17,20H2,1-3H3;1H4.